The number of aliphatic hydroxyl groups is 1. The monoisotopic (exact) mass is 329 g/mol. The minimum absolute atomic E-state index is 0.0996. The Balaban J connectivity index is 1.66. The van der Waals surface area contributed by atoms with Crippen molar-refractivity contribution < 1.29 is 9.84 Å². The van der Waals surface area contributed by atoms with E-state index in [-0.39, 0.29) is 6.61 Å². The van der Waals surface area contributed by atoms with Gasteiger partial charge in [-0.05, 0) is 25.0 Å². The summed E-state index contributed by atoms with van der Waals surface area (Å²) >= 11 is 0. The van der Waals surface area contributed by atoms with Crippen molar-refractivity contribution in [1.29, 1.82) is 0 Å². The molecular formula is C19H27N3O2. The zero-order chi connectivity index (χ0) is 16.9. The zero-order valence-electron chi connectivity index (χ0n) is 14.6. The molecule has 5 nitrogen and oxygen atoms in total. The highest BCUT2D eigenvalue weighted by Gasteiger charge is 2.26. The molecule has 0 amide bonds. The van der Waals surface area contributed by atoms with Gasteiger partial charge in [0.15, 0.2) is 0 Å². The van der Waals surface area contributed by atoms with Gasteiger partial charge in [0.1, 0.15) is 5.82 Å². The molecule has 5 heteroatoms. The molecule has 0 bridgehead atoms. The van der Waals surface area contributed by atoms with E-state index in [4.69, 9.17) is 9.84 Å². The number of fused-ring (bicyclic) bond motifs is 1. The van der Waals surface area contributed by atoms with Crippen LogP contribution < -0.4 is 0 Å². The van der Waals surface area contributed by atoms with Gasteiger partial charge in [0.2, 0.25) is 0 Å². The summed E-state index contributed by atoms with van der Waals surface area (Å²) in [5.74, 6) is 1.15. The zero-order valence-corrected chi connectivity index (χ0v) is 14.6. The summed E-state index contributed by atoms with van der Waals surface area (Å²) in [5, 5.41) is 9.15. The van der Waals surface area contributed by atoms with Crippen LogP contribution >= 0.6 is 0 Å². The molecule has 3 rings (SSSR count). The summed E-state index contributed by atoms with van der Waals surface area (Å²) in [7, 11) is 0. The molecule has 2 heterocycles. The van der Waals surface area contributed by atoms with E-state index < -0.39 is 0 Å². The summed E-state index contributed by atoms with van der Waals surface area (Å²) in [6, 6.07) is 8.50. The van der Waals surface area contributed by atoms with E-state index >= 15 is 0 Å². The summed E-state index contributed by atoms with van der Waals surface area (Å²) < 4.78 is 7.83. The number of aromatic nitrogens is 2. The Hall–Kier alpha value is -1.69. The topological polar surface area (TPSA) is 50.5 Å². The van der Waals surface area contributed by atoms with Crippen LogP contribution in [0.4, 0.5) is 0 Å². The summed E-state index contributed by atoms with van der Waals surface area (Å²) in [6.07, 6.45) is 2.93. The molecule has 1 aliphatic rings. The van der Waals surface area contributed by atoms with Gasteiger partial charge in [0.25, 0.3) is 0 Å². The first kappa shape index (κ1) is 17.1. The van der Waals surface area contributed by atoms with E-state index in [1.807, 2.05) is 25.3 Å². The molecule has 0 saturated heterocycles. The number of hydrogen-bond acceptors (Lipinski definition) is 4. The van der Waals surface area contributed by atoms with Gasteiger partial charge in [-0.1, -0.05) is 24.3 Å². The number of ether oxygens (including phenoxy) is 1. The Labute approximate surface area is 143 Å². The predicted molar refractivity (Wildman–Crippen MR) is 93.6 cm³/mol. The Morgan fingerprint density at radius 1 is 1.21 bits per heavy atom. The molecule has 0 aliphatic carbocycles. The molecule has 0 fully saturated rings. The lowest BCUT2D eigenvalue weighted by Gasteiger charge is -2.34. The van der Waals surface area contributed by atoms with E-state index in [0.29, 0.717) is 6.04 Å². The number of imidazole rings is 1. The fourth-order valence-corrected chi connectivity index (χ4v) is 3.33. The van der Waals surface area contributed by atoms with Crippen molar-refractivity contribution in [3.63, 3.8) is 0 Å². The SMILES string of the molecule is CCOCCc1cnc2n1CCN(Cc1ccc(CO)cc1)[C@H]2C. The molecule has 1 N–H and O–H groups in total. The van der Waals surface area contributed by atoms with Gasteiger partial charge in [0, 0.05) is 44.6 Å². The summed E-state index contributed by atoms with van der Waals surface area (Å²) in [6.45, 7) is 8.79. The van der Waals surface area contributed by atoms with Crippen molar-refractivity contribution in [2.24, 2.45) is 0 Å². The van der Waals surface area contributed by atoms with E-state index in [9.17, 15) is 0 Å². The Bertz CT molecular complexity index is 651. The lowest BCUT2D eigenvalue weighted by atomic mass is 10.1. The lowest BCUT2D eigenvalue weighted by molar-refractivity contribution is 0.142. The standard InChI is InChI=1S/C19H27N3O2/c1-3-24-11-8-18-12-20-19-15(2)21(9-10-22(18)19)13-16-4-6-17(14-23)7-5-16/h4-7,12,15,23H,3,8-11,13-14H2,1-2H3/t15-/m0/s1. The number of hydrogen-bond donors (Lipinski definition) is 1. The largest absolute Gasteiger partial charge is 0.392 e. The predicted octanol–water partition coefficient (Wildman–Crippen LogP) is 2.53. The maximum atomic E-state index is 9.15. The van der Waals surface area contributed by atoms with Crippen molar-refractivity contribution in [3.05, 3.63) is 53.1 Å². The highest BCUT2D eigenvalue weighted by atomic mass is 16.5. The first-order valence-corrected chi connectivity index (χ1v) is 8.77. The van der Waals surface area contributed by atoms with Crippen molar-refractivity contribution in [2.75, 3.05) is 19.8 Å². The minimum atomic E-state index is 0.0996. The fraction of sp³-hybridized carbons (Fsp3) is 0.526. The normalized spacial score (nSPS) is 17.9. The third kappa shape index (κ3) is 3.69. The van der Waals surface area contributed by atoms with Crippen LogP contribution in [-0.2, 0) is 30.9 Å². The Morgan fingerprint density at radius 3 is 2.67 bits per heavy atom. The van der Waals surface area contributed by atoms with Gasteiger partial charge >= 0.3 is 0 Å². The maximum absolute atomic E-state index is 9.15. The number of rotatable bonds is 7. The molecule has 130 valence electrons. The van der Waals surface area contributed by atoms with Crippen molar-refractivity contribution in [2.45, 2.75) is 46.0 Å². The van der Waals surface area contributed by atoms with Crippen LogP contribution in [0.1, 0.15) is 42.5 Å². The Morgan fingerprint density at radius 2 is 1.96 bits per heavy atom. The van der Waals surface area contributed by atoms with Crippen LogP contribution in [0, 0.1) is 0 Å². The molecule has 0 unspecified atom stereocenters. The van der Waals surface area contributed by atoms with Crippen LogP contribution in [0.5, 0.6) is 0 Å². The van der Waals surface area contributed by atoms with Crippen LogP contribution in [0.15, 0.2) is 30.5 Å². The minimum Gasteiger partial charge on any atom is -0.392 e. The molecule has 0 spiro atoms. The number of nitrogens with zero attached hydrogens (tertiary/aromatic N) is 3. The molecule has 2 aromatic rings. The third-order valence-electron chi connectivity index (χ3n) is 4.80. The first-order valence-electron chi connectivity index (χ1n) is 8.77. The molecule has 1 aromatic carbocycles. The molecule has 0 saturated carbocycles. The summed E-state index contributed by atoms with van der Waals surface area (Å²) in [4.78, 5) is 7.13. The maximum Gasteiger partial charge on any atom is 0.126 e. The second-order valence-electron chi connectivity index (χ2n) is 6.33. The van der Waals surface area contributed by atoms with E-state index in [0.717, 1.165) is 50.7 Å². The highest BCUT2D eigenvalue weighted by molar-refractivity contribution is 5.22. The quantitative estimate of drug-likeness (QED) is 0.793. The second-order valence-corrected chi connectivity index (χ2v) is 6.33. The van der Waals surface area contributed by atoms with Gasteiger partial charge < -0.3 is 14.4 Å². The Kier molecular flexibility index (Phi) is 5.66. The number of aliphatic hydroxyl groups excluding tert-OH is 1. The molecule has 1 aromatic heterocycles. The average molecular weight is 329 g/mol. The number of benzene rings is 1. The van der Waals surface area contributed by atoms with Crippen molar-refractivity contribution in [3.8, 4) is 0 Å². The van der Waals surface area contributed by atoms with Gasteiger partial charge in [-0.3, -0.25) is 4.90 Å². The second kappa shape index (κ2) is 7.92. The van der Waals surface area contributed by atoms with Crippen LogP contribution in [0.25, 0.3) is 0 Å². The molecule has 0 radical (unpaired) electrons. The van der Waals surface area contributed by atoms with Crippen molar-refractivity contribution in [1.82, 2.24) is 14.5 Å². The third-order valence-corrected chi connectivity index (χ3v) is 4.80. The van der Waals surface area contributed by atoms with Crippen LogP contribution in [-0.4, -0.2) is 39.3 Å². The highest BCUT2D eigenvalue weighted by Crippen LogP contribution is 2.27. The van der Waals surface area contributed by atoms with Crippen LogP contribution in [0.3, 0.4) is 0 Å². The van der Waals surface area contributed by atoms with Crippen LogP contribution in [0.2, 0.25) is 0 Å². The first-order chi connectivity index (χ1) is 11.7. The van der Waals surface area contributed by atoms with E-state index in [1.54, 1.807) is 0 Å². The molecular weight excluding hydrogens is 302 g/mol. The average Bonchev–Trinajstić information content (AvgIpc) is 3.02. The lowest BCUT2D eigenvalue weighted by Crippen LogP contribution is -2.37. The molecule has 1 aliphatic heterocycles. The fourth-order valence-electron chi connectivity index (χ4n) is 3.33. The summed E-state index contributed by atoms with van der Waals surface area (Å²) in [5.41, 5.74) is 3.51. The molecule has 24 heavy (non-hydrogen) atoms. The smallest absolute Gasteiger partial charge is 0.126 e. The van der Waals surface area contributed by atoms with E-state index in [1.165, 1.54) is 11.3 Å². The van der Waals surface area contributed by atoms with Gasteiger partial charge in [0.05, 0.1) is 19.3 Å². The molecule has 1 atom stereocenters. The van der Waals surface area contributed by atoms with Crippen molar-refractivity contribution >= 4 is 0 Å². The van der Waals surface area contributed by atoms with Gasteiger partial charge in [-0.15, -0.1) is 0 Å². The van der Waals surface area contributed by atoms with E-state index in [2.05, 4.69) is 33.5 Å². The van der Waals surface area contributed by atoms with Gasteiger partial charge in [-0.2, -0.15) is 0 Å². The van der Waals surface area contributed by atoms with Gasteiger partial charge in [-0.25, -0.2) is 4.98 Å².